The molecule has 4 heteroatoms. The molecule has 0 bridgehead atoms. The molecule has 3 nitrogen and oxygen atoms in total. The Kier molecular flexibility index (Phi) is 6.93. The highest BCUT2D eigenvalue weighted by Crippen LogP contribution is 2.57. The van der Waals surface area contributed by atoms with Crippen molar-refractivity contribution in [2.75, 3.05) is 0 Å². The standard InChI is InChI=1S/C55H35N3S/c1-32-48-43(31-44-38-18-8-11-21-45(38)58-46-22-12-9-19-40(46)50(48)53(44)58)42-30-37(35-26-24-34(25-27-35)33-14-4-2-5-15-33)28-29-39(42)49(32)52-54-51(41-20-10-13-23-47(41)59-54)56-55(57-52)36-16-6-3-7-17-36/h2-32,49H,1H3. The lowest BCUT2D eigenvalue weighted by Crippen LogP contribution is -2.19. The summed E-state index contributed by atoms with van der Waals surface area (Å²) in [6, 6.07) is 66.5. The highest BCUT2D eigenvalue weighted by molar-refractivity contribution is 7.25. The van der Waals surface area contributed by atoms with Crippen molar-refractivity contribution in [3.8, 4) is 44.8 Å². The van der Waals surface area contributed by atoms with Gasteiger partial charge < -0.3 is 4.40 Å². The lowest BCUT2D eigenvalue weighted by atomic mass is 9.69. The predicted octanol–water partition coefficient (Wildman–Crippen LogP) is 14.9. The topological polar surface area (TPSA) is 30.2 Å². The molecule has 8 aromatic carbocycles. The molecule has 12 aromatic rings. The van der Waals surface area contributed by atoms with Gasteiger partial charge >= 0.3 is 0 Å². The molecule has 13 rings (SSSR count). The molecule has 0 amide bonds. The third kappa shape index (κ3) is 4.69. The Labute approximate surface area is 344 Å². The van der Waals surface area contributed by atoms with E-state index >= 15 is 0 Å². The van der Waals surface area contributed by atoms with Crippen LogP contribution in [0.3, 0.4) is 0 Å². The first-order chi connectivity index (χ1) is 29.2. The van der Waals surface area contributed by atoms with Crippen molar-refractivity contribution in [1.82, 2.24) is 14.4 Å². The molecule has 276 valence electrons. The van der Waals surface area contributed by atoms with Gasteiger partial charge in [-0.15, -0.1) is 11.3 Å². The number of aromatic nitrogens is 3. The number of hydrogen-bond donors (Lipinski definition) is 0. The SMILES string of the molecule is CC1c2c(cc3c4ccccc4n4c5ccccc5c2c34)-c2cc(-c3ccc(-c4ccccc4)cc3)ccc2C1c1nc(-c2ccccc2)nc2c1sc1ccccc12. The Bertz CT molecular complexity index is 3620. The van der Waals surface area contributed by atoms with Gasteiger partial charge in [0.25, 0.3) is 0 Å². The molecule has 0 aliphatic heterocycles. The molecule has 0 radical (unpaired) electrons. The average molecular weight is 770 g/mol. The van der Waals surface area contributed by atoms with Crippen LogP contribution in [0.25, 0.3) is 103 Å². The maximum Gasteiger partial charge on any atom is 0.160 e. The van der Waals surface area contributed by atoms with Crippen LogP contribution in [0.1, 0.15) is 35.6 Å². The van der Waals surface area contributed by atoms with Crippen LogP contribution in [0.15, 0.2) is 182 Å². The van der Waals surface area contributed by atoms with Crippen molar-refractivity contribution in [1.29, 1.82) is 0 Å². The molecule has 0 spiro atoms. The van der Waals surface area contributed by atoms with Gasteiger partial charge in [-0.25, -0.2) is 9.97 Å². The van der Waals surface area contributed by atoms with Crippen LogP contribution >= 0.6 is 11.3 Å². The van der Waals surface area contributed by atoms with Crippen molar-refractivity contribution in [3.63, 3.8) is 0 Å². The minimum atomic E-state index is -0.0210. The summed E-state index contributed by atoms with van der Waals surface area (Å²) in [5.74, 6) is 0.863. The fourth-order valence-corrected chi connectivity index (χ4v) is 11.5. The Morgan fingerprint density at radius 3 is 1.85 bits per heavy atom. The molecule has 2 unspecified atom stereocenters. The monoisotopic (exact) mass is 769 g/mol. The first kappa shape index (κ1) is 32.9. The summed E-state index contributed by atoms with van der Waals surface area (Å²) in [6.07, 6.45) is 0. The van der Waals surface area contributed by atoms with Crippen LogP contribution in [0, 0.1) is 0 Å². The molecule has 4 aromatic heterocycles. The molecule has 0 N–H and O–H groups in total. The number of nitrogens with zero attached hydrogens (tertiary/aromatic N) is 3. The lowest BCUT2D eigenvalue weighted by molar-refractivity contribution is 0.643. The third-order valence-corrected chi connectivity index (χ3v) is 14.1. The van der Waals surface area contributed by atoms with E-state index in [0.29, 0.717) is 0 Å². The highest BCUT2D eigenvalue weighted by atomic mass is 32.1. The number of rotatable bonds is 4. The van der Waals surface area contributed by atoms with Crippen LogP contribution in [-0.4, -0.2) is 14.4 Å². The van der Waals surface area contributed by atoms with Crippen molar-refractivity contribution in [2.45, 2.75) is 18.8 Å². The van der Waals surface area contributed by atoms with E-state index in [-0.39, 0.29) is 11.8 Å². The van der Waals surface area contributed by atoms with Crippen molar-refractivity contribution in [2.24, 2.45) is 0 Å². The first-order valence-electron chi connectivity index (χ1n) is 20.4. The van der Waals surface area contributed by atoms with Gasteiger partial charge in [-0.3, -0.25) is 0 Å². The van der Waals surface area contributed by atoms with Gasteiger partial charge in [0.15, 0.2) is 5.82 Å². The maximum absolute atomic E-state index is 5.64. The van der Waals surface area contributed by atoms with Gasteiger partial charge in [0.05, 0.1) is 32.5 Å². The zero-order valence-electron chi connectivity index (χ0n) is 32.2. The van der Waals surface area contributed by atoms with Gasteiger partial charge in [0.1, 0.15) is 0 Å². The molecule has 0 saturated heterocycles. The van der Waals surface area contributed by atoms with E-state index in [1.807, 2.05) is 11.3 Å². The summed E-state index contributed by atoms with van der Waals surface area (Å²) >= 11 is 1.83. The molecule has 59 heavy (non-hydrogen) atoms. The number of hydrogen-bond acceptors (Lipinski definition) is 3. The van der Waals surface area contributed by atoms with Crippen molar-refractivity contribution >= 4 is 69.7 Å². The third-order valence-electron chi connectivity index (χ3n) is 12.9. The van der Waals surface area contributed by atoms with E-state index in [9.17, 15) is 0 Å². The van der Waals surface area contributed by atoms with E-state index in [4.69, 9.17) is 9.97 Å². The van der Waals surface area contributed by atoms with Gasteiger partial charge in [-0.2, -0.15) is 0 Å². The fourth-order valence-electron chi connectivity index (χ4n) is 10.3. The molecule has 1 aliphatic rings. The number of benzene rings is 8. The van der Waals surface area contributed by atoms with Crippen molar-refractivity contribution in [3.05, 3.63) is 199 Å². The minimum absolute atomic E-state index is 0.0210. The Morgan fingerprint density at radius 1 is 0.492 bits per heavy atom. The lowest BCUT2D eigenvalue weighted by Gasteiger charge is -2.35. The van der Waals surface area contributed by atoms with Gasteiger partial charge in [-0.1, -0.05) is 159 Å². The maximum atomic E-state index is 5.64. The molecule has 0 saturated carbocycles. The zero-order chi connectivity index (χ0) is 38.8. The van der Waals surface area contributed by atoms with E-state index in [1.54, 1.807) is 0 Å². The second-order valence-corrected chi connectivity index (χ2v) is 17.1. The summed E-state index contributed by atoms with van der Waals surface area (Å²) in [5.41, 5.74) is 17.2. The van der Waals surface area contributed by atoms with Gasteiger partial charge in [0, 0.05) is 43.1 Å². The molecular weight excluding hydrogens is 735 g/mol. The molecule has 2 atom stereocenters. The molecule has 1 aliphatic carbocycles. The van der Waals surface area contributed by atoms with Gasteiger partial charge in [-0.05, 0) is 80.8 Å². The summed E-state index contributed by atoms with van der Waals surface area (Å²) in [6.45, 7) is 2.45. The van der Waals surface area contributed by atoms with Gasteiger partial charge in [0.2, 0.25) is 0 Å². The van der Waals surface area contributed by atoms with E-state index in [2.05, 4.69) is 193 Å². The summed E-state index contributed by atoms with van der Waals surface area (Å²) < 4.78 is 4.92. The number of thiophene rings is 1. The molecule has 0 fully saturated rings. The first-order valence-corrected chi connectivity index (χ1v) is 21.3. The average Bonchev–Trinajstić information content (AvgIpc) is 3.97. The quantitative estimate of drug-likeness (QED) is 0.178. The smallest absolute Gasteiger partial charge is 0.160 e. The highest BCUT2D eigenvalue weighted by Gasteiger charge is 2.38. The van der Waals surface area contributed by atoms with E-state index in [1.165, 1.54) is 97.4 Å². The fraction of sp³-hybridized carbons (Fsp3) is 0.0545. The van der Waals surface area contributed by atoms with Crippen molar-refractivity contribution < 1.29 is 0 Å². The van der Waals surface area contributed by atoms with Crippen LogP contribution in [0.4, 0.5) is 0 Å². The largest absolute Gasteiger partial charge is 0.308 e. The Morgan fingerprint density at radius 2 is 1.08 bits per heavy atom. The van der Waals surface area contributed by atoms with Crippen LogP contribution in [-0.2, 0) is 0 Å². The molecule has 4 heterocycles. The normalized spacial score (nSPS) is 15.2. The second kappa shape index (κ2) is 12.4. The minimum Gasteiger partial charge on any atom is -0.308 e. The second-order valence-electron chi connectivity index (χ2n) is 16.1. The summed E-state index contributed by atoms with van der Waals surface area (Å²) in [7, 11) is 0. The number of para-hydroxylation sites is 2. The van der Waals surface area contributed by atoms with Crippen LogP contribution in [0.2, 0.25) is 0 Å². The molecular formula is C55H35N3S. The van der Waals surface area contributed by atoms with Crippen LogP contribution in [0.5, 0.6) is 0 Å². The number of fused-ring (bicyclic) bond motifs is 13. The van der Waals surface area contributed by atoms with Crippen LogP contribution < -0.4 is 0 Å². The van der Waals surface area contributed by atoms with E-state index < -0.39 is 0 Å². The Hall–Kier alpha value is -7.14. The summed E-state index contributed by atoms with van der Waals surface area (Å²) in [4.78, 5) is 11.0. The zero-order valence-corrected chi connectivity index (χ0v) is 33.0. The predicted molar refractivity (Wildman–Crippen MR) is 248 cm³/mol. The summed E-state index contributed by atoms with van der Waals surface area (Å²) in [5, 5.41) is 6.44. The van der Waals surface area contributed by atoms with E-state index in [0.717, 1.165) is 22.6 Å². The Balaban J connectivity index is 1.13.